The van der Waals surface area contributed by atoms with Gasteiger partial charge in [-0.05, 0) is 43.5 Å². The first-order chi connectivity index (χ1) is 14.0. The molecule has 0 aliphatic carbocycles. The summed E-state index contributed by atoms with van der Waals surface area (Å²) in [6.45, 7) is 7.19. The van der Waals surface area contributed by atoms with Crippen molar-refractivity contribution in [1.82, 2.24) is 19.7 Å². The van der Waals surface area contributed by atoms with Crippen LogP contribution in [0, 0.1) is 13.8 Å². The standard InChI is InChI=1S/C20H25N5O2S2/c1-14-6-7-18(10-15(14)2)25(16(3)26)19-22-17(11-28-19)12-29-20-23-21-13-24(20)8-5-9-27-4/h6-7,10-11,13H,5,8-9,12H2,1-4H3. The van der Waals surface area contributed by atoms with Crippen LogP contribution in [0.2, 0.25) is 0 Å². The number of anilines is 2. The van der Waals surface area contributed by atoms with Gasteiger partial charge in [0.1, 0.15) is 6.33 Å². The molecule has 0 fully saturated rings. The van der Waals surface area contributed by atoms with E-state index >= 15 is 0 Å². The van der Waals surface area contributed by atoms with Crippen LogP contribution < -0.4 is 4.90 Å². The lowest BCUT2D eigenvalue weighted by Crippen LogP contribution is -2.22. The van der Waals surface area contributed by atoms with E-state index in [1.54, 1.807) is 37.0 Å². The highest BCUT2D eigenvalue weighted by Crippen LogP contribution is 2.31. The number of ether oxygens (including phenoxy) is 1. The molecule has 2 heterocycles. The quantitative estimate of drug-likeness (QED) is 0.370. The van der Waals surface area contributed by atoms with Crippen LogP contribution >= 0.6 is 23.1 Å². The van der Waals surface area contributed by atoms with E-state index in [-0.39, 0.29) is 5.91 Å². The number of benzene rings is 1. The monoisotopic (exact) mass is 431 g/mol. The van der Waals surface area contributed by atoms with Crippen molar-refractivity contribution < 1.29 is 9.53 Å². The molecular formula is C20H25N5O2S2. The van der Waals surface area contributed by atoms with Crippen molar-refractivity contribution in [1.29, 1.82) is 0 Å². The highest BCUT2D eigenvalue weighted by atomic mass is 32.2. The molecule has 0 bridgehead atoms. The number of carbonyl (C=O) groups excluding carboxylic acids is 1. The second-order valence-electron chi connectivity index (χ2n) is 6.69. The summed E-state index contributed by atoms with van der Waals surface area (Å²) in [6, 6.07) is 6.01. The molecule has 0 saturated heterocycles. The first-order valence-electron chi connectivity index (χ1n) is 9.31. The summed E-state index contributed by atoms with van der Waals surface area (Å²) in [7, 11) is 1.70. The molecule has 1 amide bonds. The van der Waals surface area contributed by atoms with Crippen LogP contribution in [-0.4, -0.2) is 39.4 Å². The molecule has 0 atom stereocenters. The molecule has 0 aliphatic heterocycles. The summed E-state index contributed by atoms with van der Waals surface area (Å²) < 4.78 is 7.12. The molecule has 154 valence electrons. The Morgan fingerprint density at radius 3 is 2.86 bits per heavy atom. The molecule has 2 aromatic heterocycles. The Hall–Kier alpha value is -2.23. The van der Waals surface area contributed by atoms with Gasteiger partial charge in [-0.25, -0.2) is 4.98 Å². The van der Waals surface area contributed by atoms with Gasteiger partial charge in [-0.15, -0.1) is 21.5 Å². The average molecular weight is 432 g/mol. The fraction of sp³-hybridized carbons (Fsp3) is 0.400. The molecule has 0 saturated carbocycles. The molecule has 3 rings (SSSR count). The van der Waals surface area contributed by atoms with Crippen LogP contribution in [0.5, 0.6) is 0 Å². The molecule has 0 radical (unpaired) electrons. The van der Waals surface area contributed by atoms with Crippen LogP contribution in [0.3, 0.4) is 0 Å². The van der Waals surface area contributed by atoms with Crippen LogP contribution in [0.25, 0.3) is 0 Å². The van der Waals surface area contributed by atoms with E-state index < -0.39 is 0 Å². The molecule has 1 aromatic carbocycles. The highest BCUT2D eigenvalue weighted by Gasteiger charge is 2.19. The van der Waals surface area contributed by atoms with Gasteiger partial charge in [0.05, 0.1) is 11.4 Å². The fourth-order valence-electron chi connectivity index (χ4n) is 2.78. The number of amides is 1. The average Bonchev–Trinajstić information content (AvgIpc) is 3.32. The summed E-state index contributed by atoms with van der Waals surface area (Å²) >= 11 is 3.06. The van der Waals surface area contributed by atoms with Gasteiger partial charge in [-0.2, -0.15) is 0 Å². The maximum Gasteiger partial charge on any atom is 0.230 e. The van der Waals surface area contributed by atoms with E-state index in [4.69, 9.17) is 9.72 Å². The maximum absolute atomic E-state index is 12.3. The number of aromatic nitrogens is 4. The Labute approximate surface area is 179 Å². The molecule has 0 aliphatic rings. The molecule has 0 spiro atoms. The van der Waals surface area contributed by atoms with Crippen molar-refractivity contribution in [3.8, 4) is 0 Å². The molecular weight excluding hydrogens is 406 g/mol. The number of nitrogens with zero attached hydrogens (tertiary/aromatic N) is 5. The first kappa shape index (κ1) is 21.5. The van der Waals surface area contributed by atoms with Crippen molar-refractivity contribution in [2.75, 3.05) is 18.6 Å². The van der Waals surface area contributed by atoms with E-state index in [1.807, 2.05) is 35.1 Å². The van der Waals surface area contributed by atoms with Crippen molar-refractivity contribution in [3.05, 3.63) is 46.7 Å². The van der Waals surface area contributed by atoms with Gasteiger partial charge in [-0.1, -0.05) is 17.8 Å². The third-order valence-electron chi connectivity index (χ3n) is 4.47. The number of hydrogen-bond acceptors (Lipinski definition) is 7. The maximum atomic E-state index is 12.3. The van der Waals surface area contributed by atoms with E-state index in [1.165, 1.54) is 16.9 Å². The largest absolute Gasteiger partial charge is 0.385 e. The molecule has 7 nitrogen and oxygen atoms in total. The lowest BCUT2D eigenvalue weighted by atomic mass is 10.1. The zero-order valence-electron chi connectivity index (χ0n) is 17.1. The number of thioether (sulfide) groups is 1. The number of aryl methyl sites for hydroxylation is 3. The van der Waals surface area contributed by atoms with Gasteiger partial charge in [0.25, 0.3) is 0 Å². The summed E-state index contributed by atoms with van der Waals surface area (Å²) in [5.41, 5.74) is 4.10. The van der Waals surface area contributed by atoms with Crippen molar-refractivity contribution in [3.63, 3.8) is 0 Å². The minimum absolute atomic E-state index is 0.0558. The van der Waals surface area contributed by atoms with Crippen LogP contribution in [0.15, 0.2) is 35.1 Å². The topological polar surface area (TPSA) is 73.1 Å². The zero-order chi connectivity index (χ0) is 20.8. The number of carbonyl (C=O) groups is 1. The molecule has 29 heavy (non-hydrogen) atoms. The highest BCUT2D eigenvalue weighted by molar-refractivity contribution is 7.98. The third kappa shape index (κ3) is 5.43. The SMILES string of the molecule is COCCCn1cnnc1SCc1csc(N(C(C)=O)c2ccc(C)c(C)c2)n1. The fourth-order valence-corrected chi connectivity index (χ4v) is 4.61. The molecule has 3 aromatic rings. The first-order valence-corrected chi connectivity index (χ1v) is 11.2. The number of thiazole rings is 1. The second kappa shape index (κ2) is 10.00. The van der Waals surface area contributed by atoms with Gasteiger partial charge in [-0.3, -0.25) is 9.69 Å². The minimum Gasteiger partial charge on any atom is -0.385 e. The van der Waals surface area contributed by atoms with Crippen molar-refractivity contribution in [2.24, 2.45) is 0 Å². The van der Waals surface area contributed by atoms with E-state index in [0.29, 0.717) is 17.5 Å². The zero-order valence-corrected chi connectivity index (χ0v) is 18.7. The summed E-state index contributed by atoms with van der Waals surface area (Å²) in [5, 5.41) is 11.7. The van der Waals surface area contributed by atoms with Crippen LogP contribution in [-0.2, 0) is 21.8 Å². The van der Waals surface area contributed by atoms with Crippen molar-refractivity contribution in [2.45, 2.75) is 44.6 Å². The van der Waals surface area contributed by atoms with Gasteiger partial charge < -0.3 is 9.30 Å². The van der Waals surface area contributed by atoms with Crippen molar-refractivity contribution >= 4 is 39.8 Å². The Balaban J connectivity index is 1.70. The number of hydrogen-bond donors (Lipinski definition) is 0. The predicted molar refractivity (Wildman–Crippen MR) is 117 cm³/mol. The lowest BCUT2D eigenvalue weighted by Gasteiger charge is -2.19. The molecule has 0 unspecified atom stereocenters. The number of rotatable bonds is 9. The van der Waals surface area contributed by atoms with Crippen LogP contribution in [0.4, 0.5) is 10.8 Å². The van der Waals surface area contributed by atoms with E-state index in [9.17, 15) is 4.79 Å². The smallest absolute Gasteiger partial charge is 0.230 e. The van der Waals surface area contributed by atoms with Gasteiger partial charge in [0.15, 0.2) is 10.3 Å². The second-order valence-corrected chi connectivity index (χ2v) is 8.47. The van der Waals surface area contributed by atoms with Gasteiger partial charge in [0, 0.05) is 38.3 Å². The molecule has 9 heteroatoms. The molecule has 0 N–H and O–H groups in total. The summed E-state index contributed by atoms with van der Waals surface area (Å²) in [6.07, 6.45) is 2.65. The Bertz CT molecular complexity index is 969. The Morgan fingerprint density at radius 2 is 2.14 bits per heavy atom. The van der Waals surface area contributed by atoms with E-state index in [2.05, 4.69) is 17.1 Å². The van der Waals surface area contributed by atoms with Crippen LogP contribution in [0.1, 0.15) is 30.2 Å². The third-order valence-corrected chi connectivity index (χ3v) is 6.36. The predicted octanol–water partition coefficient (Wildman–Crippen LogP) is 4.36. The summed E-state index contributed by atoms with van der Waals surface area (Å²) in [4.78, 5) is 18.7. The minimum atomic E-state index is -0.0558. The number of methoxy groups -OCH3 is 1. The Kier molecular flexibility index (Phi) is 7.40. The van der Waals surface area contributed by atoms with Gasteiger partial charge in [0.2, 0.25) is 5.91 Å². The lowest BCUT2D eigenvalue weighted by molar-refractivity contribution is -0.115. The Morgan fingerprint density at radius 1 is 1.31 bits per heavy atom. The summed E-state index contributed by atoms with van der Waals surface area (Å²) in [5.74, 6) is 0.609. The normalized spacial score (nSPS) is 11.0. The van der Waals surface area contributed by atoms with E-state index in [0.717, 1.165) is 35.1 Å². The van der Waals surface area contributed by atoms with Gasteiger partial charge >= 0.3 is 0 Å².